The van der Waals surface area contributed by atoms with Gasteiger partial charge in [0.15, 0.2) is 17.2 Å². The van der Waals surface area contributed by atoms with Gasteiger partial charge in [-0.2, -0.15) is 0 Å². The van der Waals surface area contributed by atoms with Crippen LogP contribution in [0.5, 0.6) is 23.0 Å². The largest absolute Gasteiger partial charge is 0.469 e. The summed E-state index contributed by atoms with van der Waals surface area (Å²) in [6, 6.07) is 11.4. The molecule has 3 aromatic rings. The fraction of sp³-hybridized carbons (Fsp3) is 0.182. The lowest BCUT2D eigenvalue weighted by molar-refractivity contribution is 0.0526. The Morgan fingerprint density at radius 3 is 2.67 bits per heavy atom. The maximum absolute atomic E-state index is 12.7. The Kier molecular flexibility index (Phi) is 5.30. The fourth-order valence-corrected chi connectivity index (χ4v) is 2.94. The Morgan fingerprint density at radius 1 is 1.07 bits per heavy atom. The van der Waals surface area contributed by atoms with E-state index in [1.807, 2.05) is 0 Å². The van der Waals surface area contributed by atoms with Gasteiger partial charge in [0.2, 0.25) is 6.79 Å². The molecule has 1 N–H and O–H groups in total. The first kappa shape index (κ1) is 19.4. The lowest BCUT2D eigenvalue weighted by Crippen LogP contribution is -2.14. The van der Waals surface area contributed by atoms with E-state index in [1.54, 1.807) is 50.2 Å². The first-order valence-corrected chi connectivity index (χ1v) is 9.29. The minimum atomic E-state index is -0.498. The van der Waals surface area contributed by atoms with Crippen molar-refractivity contribution in [1.29, 1.82) is 0 Å². The first-order valence-electron chi connectivity index (χ1n) is 9.29. The minimum Gasteiger partial charge on any atom is -0.469 e. The van der Waals surface area contributed by atoms with Crippen molar-refractivity contribution in [2.24, 2.45) is 0 Å². The molecule has 1 aromatic heterocycles. The van der Waals surface area contributed by atoms with Crippen molar-refractivity contribution >= 4 is 17.6 Å². The zero-order valence-electron chi connectivity index (χ0n) is 16.4. The second-order valence-corrected chi connectivity index (χ2v) is 6.39. The van der Waals surface area contributed by atoms with Crippen LogP contribution in [0.2, 0.25) is 0 Å². The average Bonchev–Trinajstić information content (AvgIpc) is 3.37. The van der Waals surface area contributed by atoms with Gasteiger partial charge in [0.25, 0.3) is 5.91 Å². The van der Waals surface area contributed by atoms with Crippen molar-refractivity contribution in [2.45, 2.75) is 13.8 Å². The van der Waals surface area contributed by atoms with Gasteiger partial charge in [-0.05, 0) is 50.2 Å². The number of nitrogens with one attached hydrogen (secondary N) is 1. The molecule has 30 heavy (non-hydrogen) atoms. The summed E-state index contributed by atoms with van der Waals surface area (Å²) in [7, 11) is 0. The van der Waals surface area contributed by atoms with E-state index in [2.05, 4.69) is 5.32 Å². The SMILES string of the molecule is CCOC(=O)c1ccc(Oc2ccc3c(c2)OCO3)c(NC(=O)c2ccoc2C)c1. The molecule has 0 atom stereocenters. The van der Waals surface area contributed by atoms with E-state index in [4.69, 9.17) is 23.4 Å². The highest BCUT2D eigenvalue weighted by atomic mass is 16.7. The number of furan rings is 1. The molecular formula is C22H19NO7. The number of carbonyl (C=O) groups is 2. The molecule has 1 aliphatic heterocycles. The zero-order valence-corrected chi connectivity index (χ0v) is 16.4. The highest BCUT2D eigenvalue weighted by Crippen LogP contribution is 2.38. The summed E-state index contributed by atoms with van der Waals surface area (Å²) in [5.41, 5.74) is 0.975. The lowest BCUT2D eigenvalue weighted by Gasteiger charge is -2.14. The number of carbonyl (C=O) groups excluding carboxylic acids is 2. The summed E-state index contributed by atoms with van der Waals surface area (Å²) >= 11 is 0. The number of rotatable bonds is 6. The van der Waals surface area contributed by atoms with Crippen molar-refractivity contribution in [3.8, 4) is 23.0 Å². The number of aryl methyl sites for hydroxylation is 1. The van der Waals surface area contributed by atoms with Crippen LogP contribution in [0, 0.1) is 6.92 Å². The van der Waals surface area contributed by atoms with Crippen molar-refractivity contribution in [3.63, 3.8) is 0 Å². The molecule has 0 aliphatic carbocycles. The molecule has 8 nitrogen and oxygen atoms in total. The van der Waals surface area contributed by atoms with Gasteiger partial charge < -0.3 is 28.7 Å². The van der Waals surface area contributed by atoms with Crippen LogP contribution >= 0.6 is 0 Å². The number of fused-ring (bicyclic) bond motifs is 1. The van der Waals surface area contributed by atoms with Crippen molar-refractivity contribution in [2.75, 3.05) is 18.7 Å². The van der Waals surface area contributed by atoms with E-state index in [1.165, 1.54) is 12.3 Å². The quantitative estimate of drug-likeness (QED) is 0.597. The van der Waals surface area contributed by atoms with Crippen LogP contribution < -0.4 is 19.5 Å². The molecule has 8 heteroatoms. The van der Waals surface area contributed by atoms with Crippen molar-refractivity contribution < 1.29 is 33.0 Å². The highest BCUT2D eigenvalue weighted by molar-refractivity contribution is 6.06. The summed E-state index contributed by atoms with van der Waals surface area (Å²) in [4.78, 5) is 24.8. The van der Waals surface area contributed by atoms with Gasteiger partial charge in [0.05, 0.1) is 29.7 Å². The Labute approximate surface area is 172 Å². The second-order valence-electron chi connectivity index (χ2n) is 6.39. The van der Waals surface area contributed by atoms with Gasteiger partial charge in [-0.3, -0.25) is 4.79 Å². The molecule has 0 fully saturated rings. The minimum absolute atomic E-state index is 0.151. The van der Waals surface area contributed by atoms with E-state index in [0.717, 1.165) is 0 Å². The monoisotopic (exact) mass is 409 g/mol. The first-order chi connectivity index (χ1) is 14.5. The van der Waals surface area contributed by atoms with Crippen molar-refractivity contribution in [1.82, 2.24) is 0 Å². The maximum Gasteiger partial charge on any atom is 0.338 e. The predicted molar refractivity (Wildman–Crippen MR) is 106 cm³/mol. The molecular weight excluding hydrogens is 390 g/mol. The van der Waals surface area contributed by atoms with Crippen LogP contribution in [0.4, 0.5) is 5.69 Å². The van der Waals surface area contributed by atoms with Gasteiger partial charge in [0, 0.05) is 6.07 Å². The molecule has 1 aliphatic rings. The zero-order chi connectivity index (χ0) is 21.1. The summed E-state index contributed by atoms with van der Waals surface area (Å²) < 4.78 is 26.9. The Balaban J connectivity index is 1.65. The number of amides is 1. The number of benzene rings is 2. The number of hydrogen-bond acceptors (Lipinski definition) is 7. The standard InChI is InChI=1S/C22H19NO7/c1-3-26-22(25)14-4-6-18(30-15-5-7-19-20(11-15)29-12-28-19)17(10-14)23-21(24)16-8-9-27-13(16)2/h4-11H,3,12H2,1-2H3,(H,23,24). The number of ether oxygens (including phenoxy) is 4. The molecule has 0 spiro atoms. The molecule has 0 radical (unpaired) electrons. The summed E-state index contributed by atoms with van der Waals surface area (Å²) in [5.74, 6) is 1.61. The van der Waals surface area contributed by atoms with Crippen molar-refractivity contribution in [3.05, 3.63) is 65.6 Å². The van der Waals surface area contributed by atoms with Gasteiger partial charge >= 0.3 is 5.97 Å². The van der Waals surface area contributed by atoms with Crippen LogP contribution in [0.25, 0.3) is 0 Å². The average molecular weight is 409 g/mol. The summed E-state index contributed by atoms with van der Waals surface area (Å²) in [5, 5.41) is 2.78. The van der Waals surface area contributed by atoms with Crippen LogP contribution in [-0.4, -0.2) is 25.3 Å². The van der Waals surface area contributed by atoms with Gasteiger partial charge in [0.1, 0.15) is 11.5 Å². The lowest BCUT2D eigenvalue weighted by atomic mass is 10.1. The van der Waals surface area contributed by atoms with Gasteiger partial charge in [-0.15, -0.1) is 0 Å². The predicted octanol–water partition coefficient (Wildman–Crippen LogP) is 4.54. The molecule has 0 unspecified atom stereocenters. The Hall–Kier alpha value is -3.94. The van der Waals surface area contributed by atoms with Gasteiger partial charge in [-0.25, -0.2) is 4.79 Å². The second kappa shape index (κ2) is 8.20. The molecule has 2 heterocycles. The molecule has 154 valence electrons. The fourth-order valence-electron chi connectivity index (χ4n) is 2.94. The Bertz CT molecular complexity index is 1100. The van der Waals surface area contributed by atoms with Crippen LogP contribution in [0.3, 0.4) is 0 Å². The van der Waals surface area contributed by atoms with Crippen LogP contribution in [0.1, 0.15) is 33.4 Å². The van der Waals surface area contributed by atoms with E-state index < -0.39 is 11.9 Å². The third-order valence-electron chi connectivity index (χ3n) is 4.41. The number of esters is 1. The molecule has 0 saturated heterocycles. The van der Waals surface area contributed by atoms with E-state index >= 15 is 0 Å². The van der Waals surface area contributed by atoms with E-state index in [0.29, 0.717) is 40.0 Å². The Morgan fingerprint density at radius 2 is 1.90 bits per heavy atom. The molecule has 4 rings (SSSR count). The van der Waals surface area contributed by atoms with Crippen LogP contribution in [-0.2, 0) is 4.74 Å². The number of anilines is 1. The molecule has 1 amide bonds. The van der Waals surface area contributed by atoms with E-state index in [9.17, 15) is 9.59 Å². The van der Waals surface area contributed by atoms with E-state index in [-0.39, 0.29) is 19.0 Å². The topological polar surface area (TPSA) is 96.2 Å². The third-order valence-corrected chi connectivity index (χ3v) is 4.41. The smallest absolute Gasteiger partial charge is 0.338 e. The molecule has 0 bridgehead atoms. The van der Waals surface area contributed by atoms with Crippen LogP contribution in [0.15, 0.2) is 53.1 Å². The summed E-state index contributed by atoms with van der Waals surface area (Å²) in [6.07, 6.45) is 1.43. The molecule has 0 saturated carbocycles. The third kappa shape index (κ3) is 3.93. The summed E-state index contributed by atoms with van der Waals surface area (Å²) in [6.45, 7) is 3.80. The maximum atomic E-state index is 12.7. The van der Waals surface area contributed by atoms with Gasteiger partial charge in [-0.1, -0.05) is 0 Å². The highest BCUT2D eigenvalue weighted by Gasteiger charge is 2.19. The number of hydrogen-bond donors (Lipinski definition) is 1. The normalized spacial score (nSPS) is 11.8. The molecule has 2 aromatic carbocycles.